The number of carbonyl (C=O) groups excluding carboxylic acids is 2. The van der Waals surface area contributed by atoms with E-state index in [1.165, 1.54) is 0 Å². The van der Waals surface area contributed by atoms with Gasteiger partial charge in [-0.3, -0.25) is 9.69 Å². The van der Waals surface area contributed by atoms with Gasteiger partial charge in [-0.1, -0.05) is 57.2 Å². The molecular weight excluding hydrogens is 493 g/mol. The average molecular weight is 526 g/mol. The van der Waals surface area contributed by atoms with Crippen molar-refractivity contribution in [2.24, 2.45) is 11.8 Å². The minimum Gasteiger partial charge on any atom is -0.461 e. The second kappa shape index (κ2) is 8.35. The maximum Gasteiger partial charge on any atom is 0.355 e. The van der Waals surface area contributed by atoms with Gasteiger partial charge in [0.1, 0.15) is 11.1 Å². The minimum absolute atomic E-state index is 0.0185. The zero-order valence-corrected chi connectivity index (χ0v) is 21.6. The van der Waals surface area contributed by atoms with E-state index in [-0.39, 0.29) is 40.2 Å². The van der Waals surface area contributed by atoms with Crippen molar-refractivity contribution in [3.05, 3.63) is 10.6 Å². The van der Waals surface area contributed by atoms with Gasteiger partial charge in [0.15, 0.2) is 8.32 Å². The lowest BCUT2D eigenvalue weighted by molar-refractivity contribution is -0.158. The summed E-state index contributed by atoms with van der Waals surface area (Å²) in [6.07, 6.45) is -0.159. The van der Waals surface area contributed by atoms with Gasteiger partial charge in [-0.05, 0) is 31.0 Å². The highest BCUT2D eigenvalue weighted by atomic mass is 127. The van der Waals surface area contributed by atoms with E-state index in [2.05, 4.69) is 56.5 Å². The molecule has 0 aliphatic carbocycles. The van der Waals surface area contributed by atoms with Crippen LogP contribution in [0.5, 0.6) is 0 Å². The van der Waals surface area contributed by atoms with Gasteiger partial charge < -0.3 is 9.16 Å². The minimum atomic E-state index is -1.96. The summed E-state index contributed by atoms with van der Waals surface area (Å²) >= 11 is 3.86. The Labute approximate surface area is 182 Å². The molecule has 0 bridgehead atoms. The third-order valence-corrected chi connectivity index (χ3v) is 12.7. The van der Waals surface area contributed by atoms with Crippen molar-refractivity contribution >= 4 is 54.5 Å². The van der Waals surface area contributed by atoms with Crippen LogP contribution in [0.25, 0.3) is 0 Å². The highest BCUT2D eigenvalue weighted by Gasteiger charge is 2.59. The lowest BCUT2D eigenvalue weighted by Gasteiger charge is -2.48. The average Bonchev–Trinajstić information content (AvgIpc) is 2.85. The molecule has 1 saturated heterocycles. The first-order chi connectivity index (χ1) is 12.3. The standard InChI is InChI=1S/C19H32INO4SSi/c1-11(2)10-24-18(23)15-13(9-20)26-17-14(16(22)21(15)17)12(3)25-27(7,8)19(4,5)6/h11-12,14,17H,9-10H2,1-8H3/t12-,14+,17?/m1/s1. The van der Waals surface area contributed by atoms with Crippen molar-refractivity contribution in [3.8, 4) is 0 Å². The number of allylic oxidation sites excluding steroid dienone is 1. The molecule has 2 rings (SSSR count). The number of esters is 1. The summed E-state index contributed by atoms with van der Waals surface area (Å²) in [5, 5.41) is 0.0391. The molecule has 0 radical (unpaired) electrons. The lowest BCUT2D eigenvalue weighted by Crippen LogP contribution is -2.62. The van der Waals surface area contributed by atoms with Crippen LogP contribution in [0.2, 0.25) is 18.1 Å². The molecule has 27 heavy (non-hydrogen) atoms. The van der Waals surface area contributed by atoms with E-state index in [9.17, 15) is 9.59 Å². The molecule has 0 aromatic heterocycles. The summed E-state index contributed by atoms with van der Waals surface area (Å²) in [6.45, 7) is 17.4. The van der Waals surface area contributed by atoms with Gasteiger partial charge in [-0.15, -0.1) is 11.8 Å². The normalized spacial score (nSPS) is 24.2. The predicted octanol–water partition coefficient (Wildman–Crippen LogP) is 4.77. The maximum absolute atomic E-state index is 12.9. The Kier molecular flexibility index (Phi) is 7.18. The molecule has 0 aromatic carbocycles. The molecule has 1 fully saturated rings. The van der Waals surface area contributed by atoms with Crippen molar-refractivity contribution in [2.45, 2.75) is 71.2 Å². The first kappa shape index (κ1) is 23.2. The van der Waals surface area contributed by atoms with Gasteiger partial charge in [0, 0.05) is 9.33 Å². The summed E-state index contributed by atoms with van der Waals surface area (Å²) < 4.78 is 12.6. The first-order valence-electron chi connectivity index (χ1n) is 9.45. The van der Waals surface area contributed by atoms with Gasteiger partial charge >= 0.3 is 5.97 Å². The van der Waals surface area contributed by atoms with E-state index >= 15 is 0 Å². The van der Waals surface area contributed by atoms with Gasteiger partial charge in [-0.25, -0.2) is 4.79 Å². The lowest BCUT2D eigenvalue weighted by atomic mass is 9.92. The number of rotatable bonds is 7. The molecule has 0 aromatic rings. The monoisotopic (exact) mass is 525 g/mol. The first-order valence-corrected chi connectivity index (χ1v) is 14.8. The van der Waals surface area contributed by atoms with E-state index in [1.807, 2.05) is 20.8 Å². The molecule has 8 heteroatoms. The number of β-lactam (4-membered cyclic amide) rings is 1. The fraction of sp³-hybridized carbons (Fsp3) is 0.789. The van der Waals surface area contributed by atoms with Crippen LogP contribution in [-0.4, -0.2) is 47.6 Å². The maximum atomic E-state index is 12.9. The Balaban J connectivity index is 2.13. The highest BCUT2D eigenvalue weighted by Crippen LogP contribution is 2.52. The molecule has 2 heterocycles. The molecule has 1 unspecified atom stereocenters. The van der Waals surface area contributed by atoms with E-state index in [4.69, 9.17) is 9.16 Å². The van der Waals surface area contributed by atoms with E-state index < -0.39 is 8.32 Å². The number of fused-ring (bicyclic) bond motifs is 1. The molecule has 0 saturated carbocycles. The summed E-state index contributed by atoms with van der Waals surface area (Å²) in [4.78, 5) is 28.1. The van der Waals surface area contributed by atoms with Crippen molar-refractivity contribution in [1.29, 1.82) is 0 Å². The SMILES string of the molecule is CC(C)COC(=O)C1=C(CI)SC2[C@@H]([C@@H](C)O[Si](C)(C)C(C)(C)C)C(=O)N12. The summed E-state index contributed by atoms with van der Waals surface area (Å²) in [6, 6.07) is 0. The van der Waals surface area contributed by atoms with Crippen LogP contribution in [0.15, 0.2) is 10.6 Å². The van der Waals surface area contributed by atoms with Gasteiger partial charge in [0.25, 0.3) is 0 Å². The van der Waals surface area contributed by atoms with Gasteiger partial charge in [0.2, 0.25) is 5.91 Å². The number of nitrogens with zero attached hydrogens (tertiary/aromatic N) is 1. The number of amides is 1. The summed E-state index contributed by atoms with van der Waals surface area (Å²) in [5.41, 5.74) is 0.445. The van der Waals surface area contributed by atoms with Crippen molar-refractivity contribution in [3.63, 3.8) is 0 Å². The van der Waals surface area contributed by atoms with E-state index in [0.29, 0.717) is 16.7 Å². The second-order valence-electron chi connectivity index (χ2n) is 9.22. The number of carbonyl (C=O) groups is 2. The number of hydrogen-bond acceptors (Lipinski definition) is 5. The van der Waals surface area contributed by atoms with E-state index in [1.54, 1.807) is 16.7 Å². The fourth-order valence-corrected chi connectivity index (χ4v) is 6.73. The topological polar surface area (TPSA) is 55.8 Å². The molecular formula is C19H32INO4SSi. The molecule has 0 N–H and O–H groups in total. The number of alkyl halides is 1. The largest absolute Gasteiger partial charge is 0.461 e. The predicted molar refractivity (Wildman–Crippen MR) is 121 cm³/mol. The number of ether oxygens (including phenoxy) is 1. The van der Waals surface area contributed by atoms with Crippen LogP contribution in [0.3, 0.4) is 0 Å². The molecule has 2 aliphatic rings. The van der Waals surface area contributed by atoms with Crippen LogP contribution in [0, 0.1) is 11.8 Å². The Bertz CT molecular complexity index is 644. The third-order valence-electron chi connectivity index (χ3n) is 5.51. The third kappa shape index (κ3) is 4.58. The molecule has 1 amide bonds. The highest BCUT2D eigenvalue weighted by molar-refractivity contribution is 14.1. The van der Waals surface area contributed by atoms with Gasteiger partial charge in [-0.2, -0.15) is 0 Å². The van der Waals surface area contributed by atoms with Crippen LogP contribution < -0.4 is 0 Å². The van der Waals surface area contributed by atoms with Crippen LogP contribution in [0.4, 0.5) is 0 Å². The van der Waals surface area contributed by atoms with Crippen molar-refractivity contribution < 1.29 is 18.8 Å². The zero-order chi connectivity index (χ0) is 20.7. The van der Waals surface area contributed by atoms with Crippen LogP contribution in [0.1, 0.15) is 41.5 Å². The molecule has 5 nitrogen and oxygen atoms in total. The zero-order valence-electron chi connectivity index (χ0n) is 17.6. The Morgan fingerprint density at radius 1 is 1.30 bits per heavy atom. The number of halogens is 1. The van der Waals surface area contributed by atoms with Crippen LogP contribution in [-0.2, 0) is 18.8 Å². The quantitative estimate of drug-likeness (QED) is 0.158. The smallest absolute Gasteiger partial charge is 0.355 e. The number of hydrogen-bond donors (Lipinski definition) is 0. The Morgan fingerprint density at radius 2 is 1.89 bits per heavy atom. The van der Waals surface area contributed by atoms with Crippen LogP contribution >= 0.6 is 34.4 Å². The van der Waals surface area contributed by atoms with Gasteiger partial charge in [0.05, 0.1) is 18.6 Å². The number of thioether (sulfide) groups is 1. The Morgan fingerprint density at radius 3 is 2.37 bits per heavy atom. The van der Waals surface area contributed by atoms with Crippen molar-refractivity contribution in [1.82, 2.24) is 4.90 Å². The van der Waals surface area contributed by atoms with Crippen molar-refractivity contribution in [2.75, 3.05) is 11.0 Å². The second-order valence-corrected chi connectivity index (χ2v) is 16.0. The van der Waals surface area contributed by atoms with E-state index in [0.717, 1.165) is 4.91 Å². The fourth-order valence-electron chi connectivity index (χ4n) is 2.95. The molecule has 0 spiro atoms. The Hall–Kier alpha value is -0.0631. The molecule has 154 valence electrons. The molecule has 2 aliphatic heterocycles. The summed E-state index contributed by atoms with van der Waals surface area (Å²) in [5.74, 6) is -0.344. The molecule has 3 atom stereocenters. The summed E-state index contributed by atoms with van der Waals surface area (Å²) in [7, 11) is -1.96.